The Kier molecular flexibility index (Phi) is 5.87. The van der Waals surface area contributed by atoms with E-state index in [-0.39, 0.29) is 0 Å². The molecule has 0 aliphatic rings. The van der Waals surface area contributed by atoms with E-state index in [1.807, 2.05) is 0 Å². The standard InChI is InChI=1S/C18H25NO/c1-3-13-19-15(2)8-7-14-20-18-12-6-10-16-9-4-5-11-17(16)18/h4-6,9-12,15,19H,3,7-8,13-14H2,1-2H3. The normalized spacial score (nSPS) is 12.5. The van der Waals surface area contributed by atoms with Gasteiger partial charge in [-0.3, -0.25) is 0 Å². The zero-order chi connectivity index (χ0) is 14.2. The lowest BCUT2D eigenvalue weighted by molar-refractivity contribution is 0.301. The lowest BCUT2D eigenvalue weighted by atomic mass is 10.1. The third-order valence-electron chi connectivity index (χ3n) is 3.53. The number of hydrogen-bond acceptors (Lipinski definition) is 2. The van der Waals surface area contributed by atoms with E-state index in [0.717, 1.165) is 31.7 Å². The van der Waals surface area contributed by atoms with Crippen LogP contribution in [0.1, 0.15) is 33.1 Å². The first-order chi connectivity index (χ1) is 9.81. The second-order valence-electron chi connectivity index (χ2n) is 5.32. The zero-order valence-corrected chi connectivity index (χ0v) is 12.6. The van der Waals surface area contributed by atoms with Crippen molar-refractivity contribution in [1.29, 1.82) is 0 Å². The topological polar surface area (TPSA) is 21.3 Å². The minimum Gasteiger partial charge on any atom is -0.493 e. The molecule has 0 bridgehead atoms. The van der Waals surface area contributed by atoms with E-state index in [1.165, 1.54) is 17.2 Å². The van der Waals surface area contributed by atoms with E-state index in [0.29, 0.717) is 6.04 Å². The lowest BCUT2D eigenvalue weighted by Crippen LogP contribution is -2.26. The summed E-state index contributed by atoms with van der Waals surface area (Å²) in [4.78, 5) is 0. The maximum Gasteiger partial charge on any atom is 0.127 e. The highest BCUT2D eigenvalue weighted by atomic mass is 16.5. The molecule has 2 nitrogen and oxygen atoms in total. The number of rotatable bonds is 8. The molecule has 0 saturated carbocycles. The predicted octanol–water partition coefficient (Wildman–Crippen LogP) is 4.39. The summed E-state index contributed by atoms with van der Waals surface area (Å²) >= 11 is 0. The van der Waals surface area contributed by atoms with Gasteiger partial charge in [0.2, 0.25) is 0 Å². The first kappa shape index (κ1) is 14.9. The number of ether oxygens (including phenoxy) is 1. The molecule has 2 heteroatoms. The average molecular weight is 271 g/mol. The van der Waals surface area contributed by atoms with Gasteiger partial charge in [-0.05, 0) is 44.2 Å². The molecule has 1 unspecified atom stereocenters. The predicted molar refractivity (Wildman–Crippen MR) is 86.4 cm³/mol. The van der Waals surface area contributed by atoms with E-state index in [1.54, 1.807) is 0 Å². The number of fused-ring (bicyclic) bond motifs is 1. The number of hydrogen-bond donors (Lipinski definition) is 1. The smallest absolute Gasteiger partial charge is 0.127 e. The molecule has 0 aliphatic heterocycles. The van der Waals surface area contributed by atoms with Gasteiger partial charge in [0.15, 0.2) is 0 Å². The van der Waals surface area contributed by atoms with Crippen LogP contribution in [0.3, 0.4) is 0 Å². The van der Waals surface area contributed by atoms with Crippen molar-refractivity contribution in [3.05, 3.63) is 42.5 Å². The van der Waals surface area contributed by atoms with Crippen LogP contribution in [0.5, 0.6) is 5.75 Å². The van der Waals surface area contributed by atoms with Crippen molar-refractivity contribution in [2.45, 2.75) is 39.2 Å². The van der Waals surface area contributed by atoms with Crippen molar-refractivity contribution in [1.82, 2.24) is 5.32 Å². The molecule has 0 aliphatic carbocycles. The van der Waals surface area contributed by atoms with Crippen LogP contribution in [0.4, 0.5) is 0 Å². The summed E-state index contributed by atoms with van der Waals surface area (Å²) in [5, 5.41) is 5.94. The molecule has 1 N–H and O–H groups in total. The van der Waals surface area contributed by atoms with Crippen molar-refractivity contribution in [3.8, 4) is 5.75 Å². The molecule has 2 rings (SSSR count). The van der Waals surface area contributed by atoms with Gasteiger partial charge in [-0.2, -0.15) is 0 Å². The van der Waals surface area contributed by atoms with Crippen molar-refractivity contribution >= 4 is 10.8 Å². The Bertz CT molecular complexity index is 518. The Hall–Kier alpha value is -1.54. The Labute approximate surface area is 122 Å². The van der Waals surface area contributed by atoms with Crippen LogP contribution in [-0.4, -0.2) is 19.2 Å². The van der Waals surface area contributed by atoms with Gasteiger partial charge in [0.25, 0.3) is 0 Å². The molecule has 2 aromatic rings. The van der Waals surface area contributed by atoms with E-state index < -0.39 is 0 Å². The summed E-state index contributed by atoms with van der Waals surface area (Å²) < 4.78 is 5.95. The molecule has 0 spiro atoms. The second kappa shape index (κ2) is 7.91. The van der Waals surface area contributed by atoms with E-state index in [4.69, 9.17) is 4.74 Å². The fourth-order valence-corrected chi connectivity index (χ4v) is 2.39. The maximum atomic E-state index is 5.95. The number of nitrogens with one attached hydrogen (secondary N) is 1. The Morgan fingerprint density at radius 1 is 1.10 bits per heavy atom. The highest BCUT2D eigenvalue weighted by molar-refractivity contribution is 5.88. The van der Waals surface area contributed by atoms with Crippen molar-refractivity contribution in [2.75, 3.05) is 13.2 Å². The zero-order valence-electron chi connectivity index (χ0n) is 12.6. The molecule has 0 fully saturated rings. The summed E-state index contributed by atoms with van der Waals surface area (Å²) in [6.07, 6.45) is 3.43. The Balaban J connectivity index is 1.81. The van der Waals surface area contributed by atoms with Gasteiger partial charge in [-0.25, -0.2) is 0 Å². The summed E-state index contributed by atoms with van der Waals surface area (Å²) in [6, 6.07) is 15.2. The monoisotopic (exact) mass is 271 g/mol. The van der Waals surface area contributed by atoms with Crippen molar-refractivity contribution < 1.29 is 4.74 Å². The molecular weight excluding hydrogens is 246 g/mol. The molecule has 0 heterocycles. The third kappa shape index (κ3) is 4.24. The van der Waals surface area contributed by atoms with Crippen LogP contribution in [-0.2, 0) is 0 Å². The Morgan fingerprint density at radius 3 is 2.75 bits per heavy atom. The summed E-state index contributed by atoms with van der Waals surface area (Å²) in [6.45, 7) is 6.33. The SMILES string of the molecule is CCCNC(C)CCCOc1cccc2ccccc12. The van der Waals surface area contributed by atoms with Gasteiger partial charge < -0.3 is 10.1 Å². The van der Waals surface area contributed by atoms with Crippen molar-refractivity contribution in [3.63, 3.8) is 0 Å². The van der Waals surface area contributed by atoms with Gasteiger partial charge >= 0.3 is 0 Å². The van der Waals surface area contributed by atoms with Gasteiger partial charge in [-0.15, -0.1) is 0 Å². The summed E-state index contributed by atoms with van der Waals surface area (Å²) in [7, 11) is 0. The van der Waals surface area contributed by atoms with Gasteiger partial charge in [0.1, 0.15) is 5.75 Å². The van der Waals surface area contributed by atoms with Crippen LogP contribution in [0, 0.1) is 0 Å². The highest BCUT2D eigenvalue weighted by Gasteiger charge is 2.03. The quantitative estimate of drug-likeness (QED) is 0.719. The first-order valence-corrected chi connectivity index (χ1v) is 7.65. The molecule has 0 aromatic heterocycles. The van der Waals surface area contributed by atoms with E-state index in [2.05, 4.69) is 61.6 Å². The van der Waals surface area contributed by atoms with Crippen molar-refractivity contribution in [2.24, 2.45) is 0 Å². The fraction of sp³-hybridized carbons (Fsp3) is 0.444. The molecule has 20 heavy (non-hydrogen) atoms. The van der Waals surface area contributed by atoms with E-state index in [9.17, 15) is 0 Å². The summed E-state index contributed by atoms with van der Waals surface area (Å²) in [5.41, 5.74) is 0. The fourth-order valence-electron chi connectivity index (χ4n) is 2.39. The van der Waals surface area contributed by atoms with Crippen LogP contribution >= 0.6 is 0 Å². The van der Waals surface area contributed by atoms with Crippen LogP contribution < -0.4 is 10.1 Å². The highest BCUT2D eigenvalue weighted by Crippen LogP contribution is 2.25. The molecule has 0 saturated heterocycles. The third-order valence-corrected chi connectivity index (χ3v) is 3.53. The minimum atomic E-state index is 0.575. The molecule has 0 radical (unpaired) electrons. The minimum absolute atomic E-state index is 0.575. The molecule has 0 amide bonds. The van der Waals surface area contributed by atoms with Gasteiger partial charge in [0, 0.05) is 11.4 Å². The maximum absolute atomic E-state index is 5.95. The Morgan fingerprint density at radius 2 is 1.90 bits per heavy atom. The molecule has 2 aromatic carbocycles. The van der Waals surface area contributed by atoms with Crippen LogP contribution in [0.15, 0.2) is 42.5 Å². The largest absolute Gasteiger partial charge is 0.493 e. The molecule has 108 valence electrons. The van der Waals surface area contributed by atoms with Gasteiger partial charge in [0.05, 0.1) is 6.61 Å². The molecular formula is C18H25NO. The van der Waals surface area contributed by atoms with E-state index >= 15 is 0 Å². The second-order valence-corrected chi connectivity index (χ2v) is 5.32. The van der Waals surface area contributed by atoms with Gasteiger partial charge in [-0.1, -0.05) is 43.3 Å². The average Bonchev–Trinajstić information content (AvgIpc) is 2.49. The number of benzene rings is 2. The van der Waals surface area contributed by atoms with Crippen LogP contribution in [0.2, 0.25) is 0 Å². The lowest BCUT2D eigenvalue weighted by Gasteiger charge is -2.14. The van der Waals surface area contributed by atoms with Crippen LogP contribution in [0.25, 0.3) is 10.8 Å². The summed E-state index contributed by atoms with van der Waals surface area (Å²) in [5.74, 6) is 0.997. The first-order valence-electron chi connectivity index (χ1n) is 7.65. The molecule has 1 atom stereocenters.